The Labute approximate surface area is 90.3 Å². The Bertz CT molecular complexity index is 462. The molecule has 0 radical (unpaired) electrons. The summed E-state index contributed by atoms with van der Waals surface area (Å²) in [5.41, 5.74) is 3.17. The smallest absolute Gasteiger partial charge is 0.198 e. The predicted octanol–water partition coefficient (Wildman–Crippen LogP) is 4.07. The van der Waals surface area contributed by atoms with E-state index >= 15 is 0 Å². The Hall–Kier alpha value is -1.31. The Balaban J connectivity index is 2.52. The molecule has 15 heavy (non-hydrogen) atoms. The topological polar surface area (TPSA) is 26.0 Å². The number of hydrogen-bond acceptors (Lipinski definition) is 2. The van der Waals surface area contributed by atoms with Crippen molar-refractivity contribution in [1.29, 1.82) is 0 Å². The Kier molecular flexibility index (Phi) is 2.51. The van der Waals surface area contributed by atoms with Crippen molar-refractivity contribution in [3.05, 3.63) is 29.7 Å². The van der Waals surface area contributed by atoms with Gasteiger partial charge in [-0.1, -0.05) is 33.8 Å². The number of nitrogens with zero attached hydrogens (tertiary/aromatic N) is 1. The zero-order valence-corrected chi connectivity index (χ0v) is 9.74. The molecule has 0 aliphatic rings. The largest absolute Gasteiger partial charge is 0.440 e. The van der Waals surface area contributed by atoms with E-state index in [9.17, 15) is 0 Å². The van der Waals surface area contributed by atoms with Crippen molar-refractivity contribution in [2.45, 2.75) is 39.5 Å². The molecule has 0 unspecified atom stereocenters. The fourth-order valence-corrected chi connectivity index (χ4v) is 1.57. The first kappa shape index (κ1) is 10.2. The molecule has 2 heteroatoms. The van der Waals surface area contributed by atoms with Crippen molar-refractivity contribution >= 4 is 11.1 Å². The molecule has 0 N–H and O–H groups in total. The first-order chi connectivity index (χ1) is 7.08. The number of rotatable bonds is 2. The first-order valence-electron chi connectivity index (χ1n) is 5.48. The highest BCUT2D eigenvalue weighted by Crippen LogP contribution is 2.24. The molecule has 0 saturated heterocycles. The second-order valence-corrected chi connectivity index (χ2v) is 4.59. The fraction of sp³-hybridized carbons (Fsp3) is 0.462. The summed E-state index contributed by atoms with van der Waals surface area (Å²) >= 11 is 0. The van der Waals surface area contributed by atoms with Gasteiger partial charge in [0.2, 0.25) is 0 Å². The van der Waals surface area contributed by atoms with E-state index in [0.717, 1.165) is 17.0 Å². The van der Waals surface area contributed by atoms with E-state index in [1.165, 1.54) is 5.56 Å². The minimum Gasteiger partial charge on any atom is -0.440 e. The highest BCUT2D eigenvalue weighted by molar-refractivity contribution is 5.73. The van der Waals surface area contributed by atoms with Gasteiger partial charge in [-0.25, -0.2) is 4.98 Å². The molecule has 80 valence electrons. The lowest BCUT2D eigenvalue weighted by Crippen LogP contribution is -1.85. The number of benzene rings is 1. The molecule has 1 aromatic carbocycles. The molecule has 1 aromatic heterocycles. The molecule has 0 fully saturated rings. The van der Waals surface area contributed by atoms with E-state index < -0.39 is 0 Å². The van der Waals surface area contributed by atoms with Crippen LogP contribution in [-0.4, -0.2) is 4.98 Å². The molecule has 0 atom stereocenters. The van der Waals surface area contributed by atoms with Crippen molar-refractivity contribution in [1.82, 2.24) is 4.98 Å². The van der Waals surface area contributed by atoms with E-state index in [-0.39, 0.29) is 0 Å². The summed E-state index contributed by atoms with van der Waals surface area (Å²) in [6.45, 7) is 8.55. The van der Waals surface area contributed by atoms with Gasteiger partial charge in [-0.2, -0.15) is 0 Å². The summed E-state index contributed by atoms with van der Waals surface area (Å²) in [7, 11) is 0. The predicted molar refractivity (Wildman–Crippen MR) is 62.2 cm³/mol. The maximum atomic E-state index is 5.71. The van der Waals surface area contributed by atoms with Gasteiger partial charge in [0, 0.05) is 5.92 Å². The van der Waals surface area contributed by atoms with Crippen LogP contribution in [0.2, 0.25) is 0 Å². The van der Waals surface area contributed by atoms with Crippen molar-refractivity contribution in [3.63, 3.8) is 0 Å². The molecule has 0 saturated carbocycles. The molecule has 2 aromatic rings. The molecule has 0 aliphatic carbocycles. The van der Waals surface area contributed by atoms with Gasteiger partial charge >= 0.3 is 0 Å². The molecule has 0 aliphatic heterocycles. The van der Waals surface area contributed by atoms with E-state index in [2.05, 4.69) is 44.8 Å². The third kappa shape index (κ3) is 1.89. The maximum absolute atomic E-state index is 5.71. The number of aromatic nitrogens is 1. The Morgan fingerprint density at radius 2 is 1.80 bits per heavy atom. The quantitative estimate of drug-likeness (QED) is 0.735. The van der Waals surface area contributed by atoms with E-state index in [1.807, 2.05) is 6.07 Å². The second-order valence-electron chi connectivity index (χ2n) is 4.59. The zero-order chi connectivity index (χ0) is 11.0. The molecular weight excluding hydrogens is 186 g/mol. The third-order valence-electron chi connectivity index (χ3n) is 2.59. The molecule has 2 rings (SSSR count). The van der Waals surface area contributed by atoms with Gasteiger partial charge in [-0.3, -0.25) is 0 Å². The lowest BCUT2D eigenvalue weighted by atomic mass is 10.0. The molecule has 1 heterocycles. The average molecular weight is 203 g/mol. The fourth-order valence-electron chi connectivity index (χ4n) is 1.57. The monoisotopic (exact) mass is 203 g/mol. The third-order valence-corrected chi connectivity index (χ3v) is 2.59. The van der Waals surface area contributed by atoms with Crippen LogP contribution in [0.3, 0.4) is 0 Å². The molecule has 2 nitrogen and oxygen atoms in total. The van der Waals surface area contributed by atoms with Crippen molar-refractivity contribution in [3.8, 4) is 0 Å². The molecule has 0 spiro atoms. The van der Waals surface area contributed by atoms with Crippen LogP contribution in [0, 0.1) is 0 Å². The van der Waals surface area contributed by atoms with Gasteiger partial charge < -0.3 is 4.42 Å². The average Bonchev–Trinajstić information content (AvgIpc) is 2.59. The number of oxazole rings is 1. The van der Waals surface area contributed by atoms with Gasteiger partial charge in [-0.15, -0.1) is 0 Å². The van der Waals surface area contributed by atoms with Gasteiger partial charge in [0.15, 0.2) is 11.5 Å². The summed E-state index contributed by atoms with van der Waals surface area (Å²) < 4.78 is 5.71. The number of fused-ring (bicyclic) bond motifs is 1. The first-order valence-corrected chi connectivity index (χ1v) is 5.48. The standard InChI is InChI=1S/C13H17NO/c1-8(2)10-5-6-11-12(7-10)15-13(14-11)9(3)4/h5-9H,1-4H3. The van der Waals surface area contributed by atoms with Gasteiger partial charge in [0.1, 0.15) is 5.52 Å². The zero-order valence-electron chi connectivity index (χ0n) is 9.74. The van der Waals surface area contributed by atoms with Gasteiger partial charge in [-0.05, 0) is 23.6 Å². The van der Waals surface area contributed by atoms with Crippen LogP contribution in [0.1, 0.15) is 51.0 Å². The summed E-state index contributed by atoms with van der Waals surface area (Å²) in [5.74, 6) is 1.70. The van der Waals surface area contributed by atoms with E-state index in [4.69, 9.17) is 4.42 Å². The molecule has 0 bridgehead atoms. The van der Waals surface area contributed by atoms with Crippen LogP contribution >= 0.6 is 0 Å². The minimum atomic E-state index is 0.347. The van der Waals surface area contributed by atoms with E-state index in [0.29, 0.717) is 11.8 Å². The van der Waals surface area contributed by atoms with Crippen LogP contribution in [0.15, 0.2) is 22.6 Å². The summed E-state index contributed by atoms with van der Waals surface area (Å²) in [6.07, 6.45) is 0. The summed E-state index contributed by atoms with van der Waals surface area (Å²) in [5, 5.41) is 0. The Morgan fingerprint density at radius 3 is 2.40 bits per heavy atom. The van der Waals surface area contributed by atoms with Crippen LogP contribution in [0.5, 0.6) is 0 Å². The van der Waals surface area contributed by atoms with Gasteiger partial charge in [0.05, 0.1) is 0 Å². The lowest BCUT2D eigenvalue weighted by molar-refractivity contribution is 0.501. The highest BCUT2D eigenvalue weighted by atomic mass is 16.3. The summed E-state index contributed by atoms with van der Waals surface area (Å²) in [6, 6.07) is 6.26. The van der Waals surface area contributed by atoms with Crippen molar-refractivity contribution < 1.29 is 4.42 Å². The van der Waals surface area contributed by atoms with Crippen LogP contribution in [0.4, 0.5) is 0 Å². The van der Waals surface area contributed by atoms with Gasteiger partial charge in [0.25, 0.3) is 0 Å². The summed E-state index contributed by atoms with van der Waals surface area (Å²) in [4.78, 5) is 4.45. The van der Waals surface area contributed by atoms with Crippen LogP contribution in [-0.2, 0) is 0 Å². The van der Waals surface area contributed by atoms with Crippen LogP contribution in [0.25, 0.3) is 11.1 Å². The lowest BCUT2D eigenvalue weighted by Gasteiger charge is -2.02. The van der Waals surface area contributed by atoms with E-state index in [1.54, 1.807) is 0 Å². The van der Waals surface area contributed by atoms with Crippen molar-refractivity contribution in [2.24, 2.45) is 0 Å². The Morgan fingerprint density at radius 1 is 1.07 bits per heavy atom. The number of hydrogen-bond donors (Lipinski definition) is 0. The van der Waals surface area contributed by atoms with Crippen molar-refractivity contribution in [2.75, 3.05) is 0 Å². The maximum Gasteiger partial charge on any atom is 0.198 e. The highest BCUT2D eigenvalue weighted by Gasteiger charge is 2.10. The molecular formula is C13H17NO. The SMILES string of the molecule is CC(C)c1ccc2nc(C(C)C)oc2c1. The second kappa shape index (κ2) is 3.69. The van der Waals surface area contributed by atoms with Crippen LogP contribution < -0.4 is 0 Å². The minimum absolute atomic E-state index is 0.347. The normalized spacial score (nSPS) is 11.9. The molecule has 0 amide bonds.